The molecule has 1 aliphatic heterocycles. The molecule has 3 rings (SSSR count). The molecule has 0 bridgehead atoms. The number of nitrogens with zero attached hydrogens (tertiary/aromatic N) is 2. The van der Waals surface area contributed by atoms with Crippen molar-refractivity contribution in [1.29, 1.82) is 0 Å². The van der Waals surface area contributed by atoms with Gasteiger partial charge < -0.3 is 19.6 Å². The second-order valence-corrected chi connectivity index (χ2v) is 7.35. The van der Waals surface area contributed by atoms with Crippen LogP contribution in [0.2, 0.25) is 0 Å². The number of aliphatic hydroxyl groups excluding tert-OH is 1. The number of hydrogen-bond donors (Lipinski definition) is 2. The summed E-state index contributed by atoms with van der Waals surface area (Å²) in [5.41, 5.74) is 1.25. The van der Waals surface area contributed by atoms with Crippen LogP contribution in [0.15, 0.2) is 67.0 Å². The average molecular weight is 408 g/mol. The van der Waals surface area contributed by atoms with Crippen molar-refractivity contribution in [3.05, 3.63) is 78.1 Å². The van der Waals surface area contributed by atoms with E-state index < -0.39 is 17.7 Å². The van der Waals surface area contributed by atoms with Crippen molar-refractivity contribution in [2.45, 2.75) is 6.04 Å². The first kappa shape index (κ1) is 21.3. The van der Waals surface area contributed by atoms with Gasteiger partial charge in [0.2, 0.25) is 0 Å². The predicted molar refractivity (Wildman–Crippen MR) is 113 cm³/mol. The summed E-state index contributed by atoms with van der Waals surface area (Å²) in [7, 11) is 3.96. The molecule has 1 amide bonds. The Morgan fingerprint density at radius 2 is 1.87 bits per heavy atom. The van der Waals surface area contributed by atoms with Gasteiger partial charge in [0, 0.05) is 18.0 Å². The van der Waals surface area contributed by atoms with Crippen LogP contribution in [-0.4, -0.2) is 60.5 Å². The highest BCUT2D eigenvalue weighted by molar-refractivity contribution is 6.46. The zero-order valence-corrected chi connectivity index (χ0v) is 17.2. The van der Waals surface area contributed by atoms with E-state index in [-0.39, 0.29) is 11.3 Å². The standard InChI is InChI=1S/C23H25N3O4/c1-4-15-30-18-7-5-17(6-8-18)21(27)19-20(16-9-11-24-12-10-16)26(14-13-25(2)3)23(29)22(19)28/h4-12,20,27H,1,13-15H2,2-3H3/p+1/b21-19+/t20-/m1/s1. The van der Waals surface area contributed by atoms with Gasteiger partial charge in [-0.15, -0.1) is 0 Å². The minimum Gasteiger partial charge on any atom is -0.507 e. The number of likely N-dealkylation sites (N-methyl/N-ethyl adjacent to an activating group) is 1. The largest absolute Gasteiger partial charge is 0.507 e. The van der Waals surface area contributed by atoms with E-state index in [0.717, 1.165) is 10.5 Å². The highest BCUT2D eigenvalue weighted by atomic mass is 16.5. The number of likely N-dealkylation sites (tertiary alicyclic amines) is 1. The van der Waals surface area contributed by atoms with Gasteiger partial charge in [-0.1, -0.05) is 12.7 Å². The van der Waals surface area contributed by atoms with Crippen LogP contribution in [0.1, 0.15) is 17.2 Å². The SMILES string of the molecule is C=CCOc1ccc(/C(O)=C2\C(=O)C(=O)N(CC[NH+](C)C)[C@@H]2c2ccncc2)cc1. The van der Waals surface area contributed by atoms with E-state index in [2.05, 4.69) is 11.6 Å². The van der Waals surface area contributed by atoms with E-state index in [9.17, 15) is 14.7 Å². The van der Waals surface area contributed by atoms with Crippen molar-refractivity contribution in [2.75, 3.05) is 33.8 Å². The van der Waals surface area contributed by atoms with Gasteiger partial charge in [0.05, 0.1) is 38.8 Å². The van der Waals surface area contributed by atoms with Gasteiger partial charge in [0.15, 0.2) is 0 Å². The van der Waals surface area contributed by atoms with Crippen molar-refractivity contribution in [1.82, 2.24) is 9.88 Å². The smallest absolute Gasteiger partial charge is 0.295 e. The number of amides is 1. The number of ether oxygens (including phenoxy) is 1. The first-order chi connectivity index (χ1) is 14.4. The fraction of sp³-hybridized carbons (Fsp3) is 0.261. The normalized spacial score (nSPS) is 18.1. The molecular weight excluding hydrogens is 382 g/mol. The maximum Gasteiger partial charge on any atom is 0.295 e. The molecule has 2 heterocycles. The van der Waals surface area contributed by atoms with Gasteiger partial charge in [-0.2, -0.15) is 0 Å². The van der Waals surface area contributed by atoms with Gasteiger partial charge in [-0.3, -0.25) is 14.6 Å². The number of ketones is 1. The number of Topliss-reactive ketones (excluding diaryl/α,β-unsaturated/α-hetero) is 1. The summed E-state index contributed by atoms with van der Waals surface area (Å²) in [5.74, 6) is -0.878. The summed E-state index contributed by atoms with van der Waals surface area (Å²) >= 11 is 0. The quantitative estimate of drug-likeness (QED) is 0.297. The number of hydrogen-bond acceptors (Lipinski definition) is 5. The van der Waals surface area contributed by atoms with Gasteiger partial charge in [-0.05, 0) is 42.0 Å². The molecule has 1 aliphatic rings. The summed E-state index contributed by atoms with van der Waals surface area (Å²) in [6, 6.07) is 9.57. The van der Waals surface area contributed by atoms with Crippen molar-refractivity contribution in [3.8, 4) is 5.75 Å². The third-order valence-corrected chi connectivity index (χ3v) is 4.91. The van der Waals surface area contributed by atoms with E-state index >= 15 is 0 Å². The molecule has 0 aliphatic carbocycles. The Bertz CT molecular complexity index is 952. The Balaban J connectivity index is 2.03. The number of carbonyl (C=O) groups excluding carboxylic acids is 2. The zero-order valence-electron chi connectivity index (χ0n) is 17.2. The van der Waals surface area contributed by atoms with Crippen LogP contribution in [0.3, 0.4) is 0 Å². The van der Waals surface area contributed by atoms with Gasteiger partial charge >= 0.3 is 0 Å². The van der Waals surface area contributed by atoms with Crippen molar-refractivity contribution < 1.29 is 24.3 Å². The summed E-state index contributed by atoms with van der Waals surface area (Å²) in [6.45, 7) is 5.04. The second-order valence-electron chi connectivity index (χ2n) is 7.35. The van der Waals surface area contributed by atoms with E-state index in [1.54, 1.807) is 54.9 Å². The van der Waals surface area contributed by atoms with Gasteiger partial charge in [0.25, 0.3) is 11.7 Å². The van der Waals surface area contributed by atoms with Crippen LogP contribution in [0, 0.1) is 0 Å². The minimum absolute atomic E-state index is 0.0831. The summed E-state index contributed by atoms with van der Waals surface area (Å²) in [5, 5.41) is 11.0. The van der Waals surface area contributed by atoms with E-state index in [1.165, 1.54) is 4.90 Å². The third-order valence-electron chi connectivity index (χ3n) is 4.91. The molecule has 1 fully saturated rings. The van der Waals surface area contributed by atoms with Gasteiger partial charge in [0.1, 0.15) is 18.1 Å². The molecule has 2 N–H and O–H groups in total. The molecule has 7 nitrogen and oxygen atoms in total. The Morgan fingerprint density at radius 3 is 2.47 bits per heavy atom. The molecule has 2 aromatic rings. The molecule has 1 saturated heterocycles. The van der Waals surface area contributed by atoms with Crippen LogP contribution >= 0.6 is 0 Å². The van der Waals surface area contributed by atoms with Crippen LogP contribution in [0.25, 0.3) is 5.76 Å². The number of quaternary nitrogens is 1. The van der Waals surface area contributed by atoms with Crippen LogP contribution in [0.4, 0.5) is 0 Å². The number of benzene rings is 1. The highest BCUT2D eigenvalue weighted by Gasteiger charge is 2.46. The average Bonchev–Trinajstić information content (AvgIpc) is 3.01. The zero-order chi connectivity index (χ0) is 21.7. The lowest BCUT2D eigenvalue weighted by Gasteiger charge is -2.25. The van der Waals surface area contributed by atoms with Crippen molar-refractivity contribution in [2.24, 2.45) is 0 Å². The first-order valence-electron chi connectivity index (χ1n) is 9.75. The lowest BCUT2D eigenvalue weighted by atomic mass is 9.96. The summed E-state index contributed by atoms with van der Waals surface area (Å²) in [4.78, 5) is 32.4. The molecule has 7 heteroatoms. The first-order valence-corrected chi connectivity index (χ1v) is 9.75. The number of carbonyl (C=O) groups is 2. The van der Waals surface area contributed by atoms with E-state index in [0.29, 0.717) is 31.0 Å². The molecule has 1 atom stereocenters. The molecular formula is C23H26N3O4+. The van der Waals surface area contributed by atoms with Gasteiger partial charge in [-0.25, -0.2) is 0 Å². The fourth-order valence-electron chi connectivity index (χ4n) is 3.37. The Kier molecular flexibility index (Phi) is 6.64. The Hall–Kier alpha value is -3.45. The minimum atomic E-state index is -0.685. The Morgan fingerprint density at radius 1 is 1.20 bits per heavy atom. The fourth-order valence-corrected chi connectivity index (χ4v) is 3.37. The molecule has 0 unspecified atom stereocenters. The highest BCUT2D eigenvalue weighted by Crippen LogP contribution is 2.39. The summed E-state index contributed by atoms with van der Waals surface area (Å²) in [6.07, 6.45) is 4.86. The van der Waals surface area contributed by atoms with Crippen LogP contribution < -0.4 is 9.64 Å². The number of nitrogens with one attached hydrogen (secondary N) is 1. The maximum absolute atomic E-state index is 12.9. The molecule has 1 aromatic carbocycles. The number of pyridine rings is 1. The predicted octanol–water partition coefficient (Wildman–Crippen LogP) is 1.21. The topological polar surface area (TPSA) is 84.2 Å². The lowest BCUT2D eigenvalue weighted by Crippen LogP contribution is -3.06. The molecule has 0 saturated carbocycles. The molecule has 156 valence electrons. The number of aromatic nitrogens is 1. The molecule has 0 radical (unpaired) electrons. The number of rotatable bonds is 8. The van der Waals surface area contributed by atoms with Crippen molar-refractivity contribution in [3.63, 3.8) is 0 Å². The van der Waals surface area contributed by atoms with E-state index in [1.807, 2.05) is 14.1 Å². The second kappa shape index (κ2) is 9.37. The number of aliphatic hydroxyl groups is 1. The maximum atomic E-state index is 12.9. The van der Waals surface area contributed by atoms with Crippen LogP contribution in [0.5, 0.6) is 5.75 Å². The van der Waals surface area contributed by atoms with Crippen molar-refractivity contribution >= 4 is 17.4 Å². The Labute approximate surface area is 175 Å². The monoisotopic (exact) mass is 408 g/mol. The lowest BCUT2D eigenvalue weighted by molar-refractivity contribution is -0.857. The summed E-state index contributed by atoms with van der Waals surface area (Å²) < 4.78 is 5.46. The molecule has 1 aromatic heterocycles. The van der Waals surface area contributed by atoms with E-state index in [4.69, 9.17) is 4.74 Å². The molecule has 30 heavy (non-hydrogen) atoms. The van der Waals surface area contributed by atoms with Crippen LogP contribution in [-0.2, 0) is 9.59 Å². The third kappa shape index (κ3) is 4.41. The molecule has 0 spiro atoms.